The maximum absolute atomic E-state index is 11.4. The zero-order valence-corrected chi connectivity index (χ0v) is 11.0. The summed E-state index contributed by atoms with van der Waals surface area (Å²) < 4.78 is 4.74. The van der Waals surface area contributed by atoms with Crippen LogP contribution < -0.4 is 5.32 Å². The summed E-state index contributed by atoms with van der Waals surface area (Å²) in [6, 6.07) is 5.59. The number of aromatic nitrogens is 1. The van der Waals surface area contributed by atoms with E-state index < -0.39 is 0 Å². The van der Waals surface area contributed by atoms with Gasteiger partial charge in [-0.1, -0.05) is 13.0 Å². The topological polar surface area (TPSA) is 51.2 Å². The van der Waals surface area contributed by atoms with E-state index in [9.17, 15) is 4.79 Å². The Balaban J connectivity index is 2.34. The number of ether oxygens (including phenoxy) is 1. The Morgan fingerprint density at radius 3 is 3.00 bits per heavy atom. The lowest BCUT2D eigenvalue weighted by Crippen LogP contribution is -2.37. The van der Waals surface area contributed by atoms with Crippen LogP contribution in [-0.2, 0) is 9.53 Å². The highest BCUT2D eigenvalue weighted by molar-refractivity contribution is 7.99. The summed E-state index contributed by atoms with van der Waals surface area (Å²) in [4.78, 5) is 15.6. The van der Waals surface area contributed by atoms with Crippen molar-refractivity contribution in [1.29, 1.82) is 0 Å². The number of nitrogens with one attached hydrogen (secondary N) is 1. The maximum atomic E-state index is 11.4. The summed E-state index contributed by atoms with van der Waals surface area (Å²) in [5.41, 5.74) is 0. The fraction of sp³-hybridized carbons (Fsp3) is 0.500. The number of pyridine rings is 1. The van der Waals surface area contributed by atoms with Gasteiger partial charge in [-0.25, -0.2) is 4.98 Å². The van der Waals surface area contributed by atoms with Crippen LogP contribution in [0.15, 0.2) is 29.4 Å². The molecule has 1 N–H and O–H groups in total. The molecule has 0 spiro atoms. The van der Waals surface area contributed by atoms with E-state index >= 15 is 0 Å². The number of nitrogens with zero attached hydrogens (tertiary/aromatic N) is 1. The standard InChI is InChI=1S/C12H18N2O2S/c1-3-13-10(12(15)16-2)7-9-17-11-6-4-5-8-14-11/h4-6,8,10,13H,3,7,9H2,1-2H3. The first-order valence-corrected chi connectivity index (χ1v) is 6.61. The lowest BCUT2D eigenvalue weighted by atomic mass is 10.2. The highest BCUT2D eigenvalue weighted by atomic mass is 32.2. The van der Waals surface area contributed by atoms with Gasteiger partial charge in [-0.05, 0) is 25.1 Å². The van der Waals surface area contributed by atoms with Crippen molar-refractivity contribution < 1.29 is 9.53 Å². The number of rotatable bonds is 7. The molecule has 1 atom stereocenters. The lowest BCUT2D eigenvalue weighted by molar-refractivity contribution is -0.143. The van der Waals surface area contributed by atoms with Crippen LogP contribution in [-0.4, -0.2) is 36.4 Å². The zero-order valence-electron chi connectivity index (χ0n) is 10.2. The summed E-state index contributed by atoms with van der Waals surface area (Å²) in [7, 11) is 1.42. The average molecular weight is 254 g/mol. The average Bonchev–Trinajstić information content (AvgIpc) is 2.38. The Kier molecular flexibility index (Phi) is 6.65. The number of methoxy groups -OCH3 is 1. The first kappa shape index (κ1) is 14.0. The molecule has 1 heterocycles. The number of carbonyl (C=O) groups excluding carboxylic acids is 1. The largest absolute Gasteiger partial charge is 0.468 e. The fourth-order valence-electron chi connectivity index (χ4n) is 1.41. The van der Waals surface area contributed by atoms with E-state index in [1.807, 2.05) is 25.1 Å². The number of esters is 1. The molecule has 0 amide bonds. The van der Waals surface area contributed by atoms with E-state index in [2.05, 4.69) is 10.3 Å². The van der Waals surface area contributed by atoms with E-state index in [0.717, 1.165) is 23.7 Å². The van der Waals surface area contributed by atoms with Crippen LogP contribution in [0.5, 0.6) is 0 Å². The van der Waals surface area contributed by atoms with Gasteiger partial charge >= 0.3 is 5.97 Å². The molecule has 1 aromatic heterocycles. The minimum absolute atomic E-state index is 0.200. The number of hydrogen-bond acceptors (Lipinski definition) is 5. The van der Waals surface area contributed by atoms with Crippen molar-refractivity contribution in [3.63, 3.8) is 0 Å². The molecule has 0 bridgehead atoms. The second kappa shape index (κ2) is 8.08. The van der Waals surface area contributed by atoms with Crippen LogP contribution in [0.1, 0.15) is 13.3 Å². The van der Waals surface area contributed by atoms with Gasteiger partial charge < -0.3 is 10.1 Å². The van der Waals surface area contributed by atoms with Gasteiger partial charge in [-0.3, -0.25) is 4.79 Å². The second-order valence-electron chi connectivity index (χ2n) is 3.44. The molecule has 5 heteroatoms. The summed E-state index contributed by atoms with van der Waals surface area (Å²) in [5.74, 6) is 0.637. The Bertz CT molecular complexity index is 333. The van der Waals surface area contributed by atoms with Gasteiger partial charge in [0.1, 0.15) is 6.04 Å². The lowest BCUT2D eigenvalue weighted by Gasteiger charge is -2.14. The van der Waals surface area contributed by atoms with Gasteiger partial charge in [0, 0.05) is 11.9 Å². The van der Waals surface area contributed by atoms with Crippen LogP contribution in [0.25, 0.3) is 0 Å². The van der Waals surface area contributed by atoms with Gasteiger partial charge in [-0.15, -0.1) is 11.8 Å². The van der Waals surface area contributed by atoms with Crippen molar-refractivity contribution in [3.8, 4) is 0 Å². The Hall–Kier alpha value is -1.07. The van der Waals surface area contributed by atoms with E-state index in [1.54, 1.807) is 18.0 Å². The van der Waals surface area contributed by atoms with Crippen LogP contribution in [0.3, 0.4) is 0 Å². The first-order chi connectivity index (χ1) is 8.27. The minimum Gasteiger partial charge on any atom is -0.468 e. The summed E-state index contributed by atoms with van der Waals surface area (Å²) >= 11 is 1.64. The number of hydrogen-bond donors (Lipinski definition) is 1. The van der Waals surface area contributed by atoms with Crippen molar-refractivity contribution in [2.24, 2.45) is 0 Å². The van der Waals surface area contributed by atoms with E-state index in [4.69, 9.17) is 4.74 Å². The van der Waals surface area contributed by atoms with Crippen LogP contribution in [0, 0.1) is 0 Å². The SMILES string of the molecule is CCNC(CCSc1ccccn1)C(=O)OC. The molecular weight excluding hydrogens is 236 g/mol. The second-order valence-corrected chi connectivity index (χ2v) is 4.55. The molecule has 0 aliphatic rings. The minimum atomic E-state index is -0.221. The third-order valence-electron chi connectivity index (χ3n) is 2.23. The van der Waals surface area contributed by atoms with Gasteiger partial charge in [0.15, 0.2) is 0 Å². The highest BCUT2D eigenvalue weighted by Gasteiger charge is 2.17. The molecule has 0 aliphatic heterocycles. The summed E-state index contributed by atoms with van der Waals surface area (Å²) in [6.45, 7) is 2.73. The predicted molar refractivity (Wildman–Crippen MR) is 69.1 cm³/mol. The summed E-state index contributed by atoms with van der Waals surface area (Å²) in [5, 5.41) is 4.09. The molecule has 1 rings (SSSR count). The van der Waals surface area contributed by atoms with Gasteiger partial charge in [0.25, 0.3) is 0 Å². The van der Waals surface area contributed by atoms with Crippen LogP contribution >= 0.6 is 11.8 Å². The normalized spacial score (nSPS) is 12.1. The van der Waals surface area contributed by atoms with E-state index in [-0.39, 0.29) is 12.0 Å². The number of carbonyl (C=O) groups is 1. The maximum Gasteiger partial charge on any atom is 0.322 e. The Labute approximate surface area is 106 Å². The van der Waals surface area contributed by atoms with Gasteiger partial charge in [0.2, 0.25) is 0 Å². The Morgan fingerprint density at radius 1 is 1.59 bits per heavy atom. The van der Waals surface area contributed by atoms with E-state index in [1.165, 1.54) is 7.11 Å². The molecular formula is C12H18N2O2S. The van der Waals surface area contributed by atoms with Crippen LogP contribution in [0.4, 0.5) is 0 Å². The first-order valence-electron chi connectivity index (χ1n) is 5.63. The monoisotopic (exact) mass is 254 g/mol. The van der Waals surface area contributed by atoms with Crippen molar-refractivity contribution in [2.75, 3.05) is 19.4 Å². The molecule has 0 fully saturated rings. The molecule has 0 aromatic carbocycles. The third-order valence-corrected chi connectivity index (χ3v) is 3.21. The fourth-order valence-corrected chi connectivity index (χ4v) is 2.28. The van der Waals surface area contributed by atoms with Gasteiger partial charge in [0.05, 0.1) is 12.1 Å². The number of thioether (sulfide) groups is 1. The predicted octanol–water partition coefficient (Wildman–Crippen LogP) is 1.71. The molecule has 17 heavy (non-hydrogen) atoms. The molecule has 0 radical (unpaired) electrons. The van der Waals surface area contributed by atoms with Crippen molar-refractivity contribution in [1.82, 2.24) is 10.3 Å². The molecule has 0 aliphatic carbocycles. The molecule has 1 unspecified atom stereocenters. The number of likely N-dealkylation sites (N-methyl/N-ethyl adjacent to an activating group) is 1. The Morgan fingerprint density at radius 2 is 2.41 bits per heavy atom. The van der Waals surface area contributed by atoms with E-state index in [0.29, 0.717) is 0 Å². The van der Waals surface area contributed by atoms with Crippen molar-refractivity contribution >= 4 is 17.7 Å². The van der Waals surface area contributed by atoms with Crippen molar-refractivity contribution in [3.05, 3.63) is 24.4 Å². The van der Waals surface area contributed by atoms with Gasteiger partial charge in [-0.2, -0.15) is 0 Å². The molecule has 94 valence electrons. The highest BCUT2D eigenvalue weighted by Crippen LogP contribution is 2.16. The smallest absolute Gasteiger partial charge is 0.322 e. The molecule has 4 nitrogen and oxygen atoms in total. The van der Waals surface area contributed by atoms with Crippen molar-refractivity contribution in [2.45, 2.75) is 24.4 Å². The quantitative estimate of drug-likeness (QED) is 0.593. The molecule has 0 saturated carbocycles. The molecule has 1 aromatic rings. The summed E-state index contributed by atoms with van der Waals surface area (Å²) in [6.07, 6.45) is 2.51. The van der Waals surface area contributed by atoms with Crippen LogP contribution in [0.2, 0.25) is 0 Å². The molecule has 0 saturated heterocycles. The third kappa shape index (κ3) is 5.19. The zero-order chi connectivity index (χ0) is 12.5.